The molecule has 2 aliphatic rings. The second-order valence-electron chi connectivity index (χ2n) is 3.90. The fourth-order valence-corrected chi connectivity index (χ4v) is 3.65. The van der Waals surface area contributed by atoms with Crippen molar-refractivity contribution < 1.29 is 13.5 Å². The molecule has 1 atom stereocenters. The Morgan fingerprint density at radius 1 is 1.23 bits per heavy atom. The lowest BCUT2D eigenvalue weighted by molar-refractivity contribution is 0.108. The van der Waals surface area contributed by atoms with E-state index in [1.54, 1.807) is 0 Å². The molecule has 1 aliphatic heterocycles. The molecule has 0 amide bonds. The number of nitrogens with zero attached hydrogens (tertiary/aromatic N) is 1. The molecule has 76 valence electrons. The quantitative estimate of drug-likeness (QED) is 0.687. The van der Waals surface area contributed by atoms with Crippen molar-refractivity contribution in [1.82, 2.24) is 4.31 Å². The molecule has 0 radical (unpaired) electrons. The zero-order valence-corrected chi connectivity index (χ0v) is 8.33. The third kappa shape index (κ3) is 1.87. The van der Waals surface area contributed by atoms with E-state index in [-0.39, 0.29) is 5.25 Å². The molecule has 2 rings (SSSR count). The van der Waals surface area contributed by atoms with E-state index in [4.69, 9.17) is 0 Å². The van der Waals surface area contributed by atoms with Gasteiger partial charge in [0.05, 0.1) is 11.4 Å². The standard InChI is InChI=1S/C8H15NO3S/c10-7-2-1-5-9(6-7)13(11,12)8-3-4-8/h7-8,10H,1-6H2/t7-/m0/s1. The summed E-state index contributed by atoms with van der Waals surface area (Å²) in [6, 6.07) is 0. The molecule has 1 heterocycles. The predicted molar refractivity (Wildman–Crippen MR) is 48.8 cm³/mol. The van der Waals surface area contributed by atoms with Gasteiger partial charge in [-0.3, -0.25) is 0 Å². The highest BCUT2D eigenvalue weighted by molar-refractivity contribution is 7.90. The summed E-state index contributed by atoms with van der Waals surface area (Å²) >= 11 is 0. The monoisotopic (exact) mass is 205 g/mol. The Labute approximate surface area is 78.6 Å². The average Bonchev–Trinajstić information content (AvgIpc) is 2.86. The lowest BCUT2D eigenvalue weighted by Gasteiger charge is -2.29. The smallest absolute Gasteiger partial charge is 0.217 e. The Kier molecular flexibility index (Phi) is 2.33. The first-order valence-corrected chi connectivity index (χ1v) is 6.28. The summed E-state index contributed by atoms with van der Waals surface area (Å²) in [7, 11) is -3.05. The second kappa shape index (κ2) is 3.22. The van der Waals surface area contributed by atoms with E-state index in [1.165, 1.54) is 4.31 Å². The molecule has 1 N–H and O–H groups in total. The minimum Gasteiger partial charge on any atom is -0.392 e. The summed E-state index contributed by atoms with van der Waals surface area (Å²) in [6.07, 6.45) is 2.66. The maximum atomic E-state index is 11.7. The summed E-state index contributed by atoms with van der Waals surface area (Å²) < 4.78 is 24.9. The maximum Gasteiger partial charge on any atom is 0.217 e. The summed E-state index contributed by atoms with van der Waals surface area (Å²) in [5.41, 5.74) is 0. The molecular formula is C8H15NO3S. The third-order valence-electron chi connectivity index (χ3n) is 2.66. The van der Waals surface area contributed by atoms with Gasteiger partial charge in [-0.05, 0) is 25.7 Å². The van der Waals surface area contributed by atoms with Gasteiger partial charge in [0, 0.05) is 13.1 Å². The minimum absolute atomic E-state index is 0.141. The van der Waals surface area contributed by atoms with E-state index in [0.29, 0.717) is 13.1 Å². The van der Waals surface area contributed by atoms with Gasteiger partial charge >= 0.3 is 0 Å². The molecule has 0 unspecified atom stereocenters. The Bertz CT molecular complexity index is 284. The van der Waals surface area contributed by atoms with Crippen LogP contribution in [0.15, 0.2) is 0 Å². The normalized spacial score (nSPS) is 31.9. The van der Waals surface area contributed by atoms with Crippen LogP contribution in [0.4, 0.5) is 0 Å². The third-order valence-corrected chi connectivity index (χ3v) is 5.03. The topological polar surface area (TPSA) is 57.6 Å². The molecule has 13 heavy (non-hydrogen) atoms. The van der Waals surface area contributed by atoms with Gasteiger partial charge in [-0.2, -0.15) is 4.31 Å². The number of sulfonamides is 1. The Balaban J connectivity index is 2.06. The molecule has 0 aromatic carbocycles. The van der Waals surface area contributed by atoms with Crippen molar-refractivity contribution in [2.75, 3.05) is 13.1 Å². The second-order valence-corrected chi connectivity index (χ2v) is 6.11. The average molecular weight is 205 g/mol. The molecule has 0 aromatic heterocycles. The summed E-state index contributed by atoms with van der Waals surface area (Å²) in [6.45, 7) is 0.898. The van der Waals surface area contributed by atoms with Crippen LogP contribution in [-0.4, -0.2) is 42.3 Å². The number of aliphatic hydroxyl groups is 1. The predicted octanol–water partition coefficient (Wildman–Crippen LogP) is -0.0647. The summed E-state index contributed by atoms with van der Waals surface area (Å²) in [4.78, 5) is 0. The van der Waals surface area contributed by atoms with Crippen LogP contribution in [0.25, 0.3) is 0 Å². The van der Waals surface area contributed by atoms with Crippen LogP contribution in [0, 0.1) is 0 Å². The molecule has 4 nitrogen and oxygen atoms in total. The van der Waals surface area contributed by atoms with Gasteiger partial charge in [0.1, 0.15) is 0 Å². The number of rotatable bonds is 2. The van der Waals surface area contributed by atoms with Crippen molar-refractivity contribution in [2.24, 2.45) is 0 Å². The molecule has 1 aliphatic carbocycles. The fraction of sp³-hybridized carbons (Fsp3) is 1.00. The highest BCUT2D eigenvalue weighted by Gasteiger charge is 2.41. The van der Waals surface area contributed by atoms with E-state index in [9.17, 15) is 13.5 Å². The van der Waals surface area contributed by atoms with Gasteiger partial charge in [-0.1, -0.05) is 0 Å². The number of hydrogen-bond acceptors (Lipinski definition) is 3. The highest BCUT2D eigenvalue weighted by atomic mass is 32.2. The van der Waals surface area contributed by atoms with Crippen molar-refractivity contribution in [1.29, 1.82) is 0 Å². The van der Waals surface area contributed by atoms with E-state index in [2.05, 4.69) is 0 Å². The number of aliphatic hydroxyl groups excluding tert-OH is 1. The van der Waals surface area contributed by atoms with Crippen molar-refractivity contribution in [3.05, 3.63) is 0 Å². The highest BCUT2D eigenvalue weighted by Crippen LogP contribution is 2.32. The Morgan fingerprint density at radius 2 is 1.92 bits per heavy atom. The van der Waals surface area contributed by atoms with Gasteiger partial charge in [-0.15, -0.1) is 0 Å². The maximum absolute atomic E-state index is 11.7. The molecule has 5 heteroatoms. The Hall–Kier alpha value is -0.130. The van der Waals surface area contributed by atoms with Crippen LogP contribution in [0.1, 0.15) is 25.7 Å². The van der Waals surface area contributed by atoms with Gasteiger partial charge in [0.25, 0.3) is 0 Å². The minimum atomic E-state index is -3.05. The summed E-state index contributed by atoms with van der Waals surface area (Å²) in [5, 5.41) is 9.20. The van der Waals surface area contributed by atoms with Crippen LogP contribution in [-0.2, 0) is 10.0 Å². The number of hydrogen-bond donors (Lipinski definition) is 1. The molecule has 2 fully saturated rings. The van der Waals surface area contributed by atoms with Gasteiger partial charge in [-0.25, -0.2) is 8.42 Å². The van der Waals surface area contributed by atoms with Crippen LogP contribution < -0.4 is 0 Å². The number of β-amino-alcohol motifs (C(OH)–C–C–N with tert-alkyl or cyclic N) is 1. The van der Waals surface area contributed by atoms with E-state index in [1.807, 2.05) is 0 Å². The lowest BCUT2D eigenvalue weighted by Crippen LogP contribution is -2.43. The molecule has 1 saturated carbocycles. The lowest BCUT2D eigenvalue weighted by atomic mass is 10.1. The van der Waals surface area contributed by atoms with Crippen LogP contribution in [0.3, 0.4) is 0 Å². The van der Waals surface area contributed by atoms with Gasteiger partial charge in [0.15, 0.2) is 0 Å². The van der Waals surface area contributed by atoms with Crippen molar-refractivity contribution >= 4 is 10.0 Å². The zero-order valence-electron chi connectivity index (χ0n) is 7.52. The van der Waals surface area contributed by atoms with Crippen LogP contribution in [0.5, 0.6) is 0 Å². The zero-order chi connectivity index (χ0) is 9.47. The van der Waals surface area contributed by atoms with Crippen molar-refractivity contribution in [3.63, 3.8) is 0 Å². The van der Waals surface area contributed by atoms with Gasteiger partial charge < -0.3 is 5.11 Å². The van der Waals surface area contributed by atoms with E-state index in [0.717, 1.165) is 25.7 Å². The van der Waals surface area contributed by atoms with Crippen LogP contribution >= 0.6 is 0 Å². The molecule has 0 spiro atoms. The van der Waals surface area contributed by atoms with Crippen LogP contribution in [0.2, 0.25) is 0 Å². The van der Waals surface area contributed by atoms with E-state index >= 15 is 0 Å². The van der Waals surface area contributed by atoms with Crippen molar-refractivity contribution in [3.8, 4) is 0 Å². The molecule has 1 saturated heterocycles. The summed E-state index contributed by atoms with van der Waals surface area (Å²) in [5.74, 6) is 0. The van der Waals surface area contributed by atoms with E-state index < -0.39 is 16.1 Å². The fourth-order valence-electron chi connectivity index (χ4n) is 1.73. The SMILES string of the molecule is O=S(=O)(C1CC1)N1CCC[C@H](O)C1. The van der Waals surface area contributed by atoms with Gasteiger partial charge in [0.2, 0.25) is 10.0 Å². The first-order chi connectivity index (χ1) is 6.10. The Morgan fingerprint density at radius 3 is 2.46 bits per heavy atom. The first-order valence-electron chi connectivity index (χ1n) is 4.78. The largest absolute Gasteiger partial charge is 0.392 e. The molecular weight excluding hydrogens is 190 g/mol. The molecule has 0 aromatic rings. The molecule has 0 bridgehead atoms. The van der Waals surface area contributed by atoms with Crippen molar-refractivity contribution in [2.45, 2.75) is 37.0 Å². The first kappa shape index (κ1) is 9.43. The number of piperidine rings is 1.